The van der Waals surface area contributed by atoms with Crippen LogP contribution >= 0.6 is 0 Å². The lowest BCUT2D eigenvalue weighted by Gasteiger charge is -2.29. The van der Waals surface area contributed by atoms with E-state index in [1.54, 1.807) is 0 Å². The summed E-state index contributed by atoms with van der Waals surface area (Å²) in [5, 5.41) is 5.99. The Morgan fingerprint density at radius 2 is 2.14 bits per heavy atom. The third-order valence-corrected chi connectivity index (χ3v) is 5.70. The van der Waals surface area contributed by atoms with Crippen molar-refractivity contribution in [3.05, 3.63) is 23.4 Å². The topological polar surface area (TPSA) is 71.1 Å². The molecule has 2 N–H and O–H groups in total. The van der Waals surface area contributed by atoms with E-state index in [2.05, 4.69) is 15.6 Å². The van der Waals surface area contributed by atoms with E-state index in [4.69, 9.17) is 0 Å². The first-order chi connectivity index (χ1) is 10.5. The lowest BCUT2D eigenvalue weighted by atomic mass is 9.95. The molecule has 0 aliphatic heterocycles. The number of nitrogens with one attached hydrogen (secondary N) is 2. The first-order valence-electron chi connectivity index (χ1n) is 7.88. The molecule has 0 spiro atoms. The molecule has 1 heterocycles. The average molecular weight is 323 g/mol. The summed E-state index contributed by atoms with van der Waals surface area (Å²) in [6.45, 7) is 5.83. The van der Waals surface area contributed by atoms with E-state index in [0.717, 1.165) is 36.9 Å². The van der Waals surface area contributed by atoms with Gasteiger partial charge in [-0.25, -0.2) is 9.78 Å². The normalized spacial score (nSPS) is 22.9. The quantitative estimate of drug-likeness (QED) is 0.895. The Kier molecular flexibility index (Phi) is 5.94. The van der Waals surface area contributed by atoms with Gasteiger partial charge in [0, 0.05) is 33.5 Å². The third-order valence-electron chi connectivity index (χ3n) is 3.96. The van der Waals surface area contributed by atoms with Gasteiger partial charge in [0.15, 0.2) is 0 Å². The summed E-state index contributed by atoms with van der Waals surface area (Å²) in [5.41, 5.74) is 1.95. The molecule has 3 atom stereocenters. The fraction of sp³-hybridized carbons (Fsp3) is 0.625. The Morgan fingerprint density at radius 1 is 1.36 bits per heavy atom. The predicted molar refractivity (Wildman–Crippen MR) is 90.6 cm³/mol. The molecular weight excluding hydrogens is 298 g/mol. The molecule has 6 heteroatoms. The van der Waals surface area contributed by atoms with Crippen LogP contribution in [0.25, 0.3) is 0 Å². The second-order valence-electron chi connectivity index (χ2n) is 5.92. The van der Waals surface area contributed by atoms with Crippen LogP contribution in [-0.2, 0) is 10.8 Å². The number of amides is 2. The number of carbonyl (C=O) groups is 1. The first-order valence-corrected chi connectivity index (χ1v) is 9.26. The maximum absolute atomic E-state index is 12.1. The van der Waals surface area contributed by atoms with E-state index in [-0.39, 0.29) is 17.3 Å². The Balaban J connectivity index is 1.90. The van der Waals surface area contributed by atoms with Gasteiger partial charge in [0.1, 0.15) is 5.82 Å². The van der Waals surface area contributed by atoms with Crippen molar-refractivity contribution in [2.45, 2.75) is 57.7 Å². The largest absolute Gasteiger partial charge is 0.335 e. The van der Waals surface area contributed by atoms with Gasteiger partial charge >= 0.3 is 6.03 Å². The Labute approximate surface area is 134 Å². The number of aryl methyl sites for hydroxylation is 2. The Hall–Kier alpha value is -1.43. The molecule has 2 amide bonds. The summed E-state index contributed by atoms with van der Waals surface area (Å²) in [5.74, 6) is 1.26. The van der Waals surface area contributed by atoms with Crippen molar-refractivity contribution in [3.8, 4) is 0 Å². The zero-order chi connectivity index (χ0) is 16.1. The highest BCUT2D eigenvalue weighted by Crippen LogP contribution is 2.23. The monoisotopic (exact) mass is 323 g/mol. The van der Waals surface area contributed by atoms with Gasteiger partial charge in [-0.05, 0) is 50.8 Å². The van der Waals surface area contributed by atoms with Crippen molar-refractivity contribution in [2.75, 3.05) is 11.1 Å². The summed E-state index contributed by atoms with van der Waals surface area (Å²) in [4.78, 5) is 16.4. The minimum Gasteiger partial charge on any atom is -0.335 e. The zero-order valence-electron chi connectivity index (χ0n) is 13.5. The van der Waals surface area contributed by atoms with Gasteiger partial charge in [-0.1, -0.05) is 13.3 Å². The van der Waals surface area contributed by atoms with Crippen molar-refractivity contribution < 1.29 is 9.00 Å². The molecule has 0 unspecified atom stereocenters. The van der Waals surface area contributed by atoms with Gasteiger partial charge in [-0.3, -0.25) is 9.53 Å². The van der Waals surface area contributed by atoms with E-state index in [9.17, 15) is 9.00 Å². The number of anilines is 1. The molecule has 5 nitrogen and oxygen atoms in total. The summed E-state index contributed by atoms with van der Waals surface area (Å²) >= 11 is 0. The van der Waals surface area contributed by atoms with Crippen molar-refractivity contribution in [1.29, 1.82) is 0 Å². The van der Waals surface area contributed by atoms with Gasteiger partial charge in [0.05, 0.1) is 0 Å². The van der Waals surface area contributed by atoms with Crippen LogP contribution in [0.15, 0.2) is 12.1 Å². The summed E-state index contributed by atoms with van der Waals surface area (Å²) in [6.07, 6.45) is 3.77. The van der Waals surface area contributed by atoms with Crippen LogP contribution in [0.5, 0.6) is 0 Å². The summed E-state index contributed by atoms with van der Waals surface area (Å²) < 4.78 is 11.9. The standard InChI is InChI=1S/C16H25N3O2S/c1-4-22(21)14-7-5-6-13(10-14)18-16(20)19-15-9-11(2)8-12(3)17-15/h8-9,13-14H,4-7,10H2,1-3H3,(H2,17,18,19,20)/t13-,14+,22+/m1/s1. The predicted octanol–water partition coefficient (Wildman–Crippen LogP) is 2.90. The highest BCUT2D eigenvalue weighted by atomic mass is 32.2. The number of hydrogen-bond donors (Lipinski definition) is 2. The highest BCUT2D eigenvalue weighted by molar-refractivity contribution is 7.85. The molecular formula is C16H25N3O2S. The van der Waals surface area contributed by atoms with Crippen LogP contribution in [0.1, 0.15) is 43.9 Å². The van der Waals surface area contributed by atoms with Gasteiger partial charge in [0.25, 0.3) is 0 Å². The number of urea groups is 1. The van der Waals surface area contributed by atoms with Crippen molar-refractivity contribution in [3.63, 3.8) is 0 Å². The van der Waals surface area contributed by atoms with Crippen LogP contribution in [0.3, 0.4) is 0 Å². The Morgan fingerprint density at radius 3 is 2.82 bits per heavy atom. The minimum atomic E-state index is -0.777. The molecule has 1 fully saturated rings. The van der Waals surface area contributed by atoms with Gasteiger partial charge in [0.2, 0.25) is 0 Å². The van der Waals surface area contributed by atoms with Crippen LogP contribution in [-0.4, -0.2) is 32.3 Å². The molecule has 2 rings (SSSR count). The van der Waals surface area contributed by atoms with Gasteiger partial charge in [-0.15, -0.1) is 0 Å². The zero-order valence-corrected chi connectivity index (χ0v) is 14.3. The number of pyridine rings is 1. The maximum atomic E-state index is 12.1. The maximum Gasteiger partial charge on any atom is 0.320 e. The molecule has 1 saturated carbocycles. The van der Waals surface area contributed by atoms with Gasteiger partial charge in [-0.2, -0.15) is 0 Å². The summed E-state index contributed by atoms with van der Waals surface area (Å²) in [7, 11) is -0.777. The molecule has 1 aromatic rings. The van der Waals surface area contributed by atoms with Crippen LogP contribution in [0.2, 0.25) is 0 Å². The highest BCUT2D eigenvalue weighted by Gasteiger charge is 2.26. The van der Waals surface area contributed by atoms with Crippen LogP contribution < -0.4 is 10.6 Å². The van der Waals surface area contributed by atoms with Crippen LogP contribution in [0.4, 0.5) is 10.6 Å². The number of aromatic nitrogens is 1. The number of carbonyl (C=O) groups excluding carboxylic acids is 1. The van der Waals surface area contributed by atoms with E-state index in [1.807, 2.05) is 32.9 Å². The smallest absolute Gasteiger partial charge is 0.320 e. The third kappa shape index (κ3) is 4.80. The fourth-order valence-corrected chi connectivity index (χ4v) is 4.34. The van der Waals surface area contributed by atoms with Crippen molar-refractivity contribution in [2.24, 2.45) is 0 Å². The van der Waals surface area contributed by atoms with E-state index >= 15 is 0 Å². The van der Waals surface area contributed by atoms with Crippen LogP contribution in [0, 0.1) is 13.8 Å². The molecule has 0 saturated heterocycles. The molecule has 122 valence electrons. The molecule has 22 heavy (non-hydrogen) atoms. The Bertz CT molecular complexity index is 542. The molecule has 0 aromatic carbocycles. The number of hydrogen-bond acceptors (Lipinski definition) is 3. The van der Waals surface area contributed by atoms with E-state index in [0.29, 0.717) is 11.6 Å². The number of nitrogens with zero attached hydrogens (tertiary/aromatic N) is 1. The lowest BCUT2D eigenvalue weighted by Crippen LogP contribution is -2.43. The molecule has 1 aromatic heterocycles. The second-order valence-corrected chi connectivity index (χ2v) is 7.93. The first kappa shape index (κ1) is 16.9. The average Bonchev–Trinajstić information content (AvgIpc) is 2.45. The SMILES string of the molecule is CC[S@](=O)[C@H]1CCC[C@@H](NC(=O)Nc2cc(C)cc(C)n2)C1. The van der Waals surface area contributed by atoms with Crippen molar-refractivity contribution >= 4 is 22.6 Å². The molecule has 1 aliphatic rings. The summed E-state index contributed by atoms with van der Waals surface area (Å²) in [6, 6.07) is 3.68. The fourth-order valence-electron chi connectivity index (χ4n) is 2.99. The molecule has 0 bridgehead atoms. The molecule has 1 aliphatic carbocycles. The second kappa shape index (κ2) is 7.72. The van der Waals surface area contributed by atoms with E-state index < -0.39 is 10.8 Å². The molecule has 0 radical (unpaired) electrons. The van der Waals surface area contributed by atoms with Crippen molar-refractivity contribution in [1.82, 2.24) is 10.3 Å². The number of rotatable bonds is 4. The van der Waals surface area contributed by atoms with E-state index in [1.165, 1.54) is 0 Å². The lowest BCUT2D eigenvalue weighted by molar-refractivity contribution is 0.244. The minimum absolute atomic E-state index is 0.0974. The van der Waals surface area contributed by atoms with Gasteiger partial charge < -0.3 is 5.32 Å².